The largest absolute Gasteiger partial charge is 0.480 e. The number of carbonyl (C=O) groups is 2. The molecular weight excluding hydrogens is 468 g/mol. The van der Waals surface area contributed by atoms with Crippen molar-refractivity contribution in [3.63, 3.8) is 0 Å². The van der Waals surface area contributed by atoms with E-state index >= 15 is 0 Å². The number of hydrogen-bond donors (Lipinski definition) is 8. The van der Waals surface area contributed by atoms with Crippen LogP contribution in [-0.2, 0) is 9.59 Å². The fourth-order valence-corrected chi connectivity index (χ4v) is 3.34. The maximum atomic E-state index is 11.8. The molecule has 36 heavy (non-hydrogen) atoms. The number of carboxylic acids is 2. The zero-order chi connectivity index (χ0) is 26.8. The highest BCUT2D eigenvalue weighted by Gasteiger charge is 2.22. The van der Waals surface area contributed by atoms with E-state index in [9.17, 15) is 19.8 Å². The summed E-state index contributed by atoms with van der Waals surface area (Å²) in [7, 11) is 0. The molecule has 0 saturated heterocycles. The lowest BCUT2D eigenvalue weighted by Crippen LogP contribution is -2.32. The number of unbranched alkanes of at least 4 members (excludes halogenated alkanes) is 5. The minimum atomic E-state index is -1.09. The van der Waals surface area contributed by atoms with Gasteiger partial charge in [0.2, 0.25) is 17.8 Å². The Morgan fingerprint density at radius 2 is 1.39 bits per heavy atom. The van der Waals surface area contributed by atoms with Crippen molar-refractivity contribution in [3.8, 4) is 0 Å². The van der Waals surface area contributed by atoms with Crippen molar-refractivity contribution < 1.29 is 19.8 Å². The van der Waals surface area contributed by atoms with Crippen molar-refractivity contribution >= 4 is 35.7 Å². The van der Waals surface area contributed by atoms with Crippen LogP contribution in [0.1, 0.15) is 71.1 Å². The molecule has 0 amide bonds. The Morgan fingerprint density at radius 1 is 0.833 bits per heavy atom. The van der Waals surface area contributed by atoms with Crippen molar-refractivity contribution in [2.75, 3.05) is 35.6 Å². The summed E-state index contributed by atoms with van der Waals surface area (Å²) >= 11 is 0. The predicted molar refractivity (Wildman–Crippen MR) is 140 cm³/mol. The van der Waals surface area contributed by atoms with Crippen LogP contribution in [-0.4, -0.2) is 74.8 Å². The molecule has 0 bridgehead atoms. The highest BCUT2D eigenvalue weighted by atomic mass is 16.4. The second kappa shape index (κ2) is 17.9. The quantitative estimate of drug-likeness (QED) is 0.0658. The maximum absolute atomic E-state index is 11.8. The van der Waals surface area contributed by atoms with Gasteiger partial charge in [0.25, 0.3) is 0 Å². The zero-order valence-corrected chi connectivity index (χ0v) is 21.1. The van der Waals surface area contributed by atoms with E-state index in [4.69, 9.17) is 17.2 Å². The van der Waals surface area contributed by atoms with Crippen LogP contribution in [0.15, 0.2) is 4.99 Å². The molecule has 0 aromatic carbocycles. The molecule has 2 atom stereocenters. The van der Waals surface area contributed by atoms with E-state index < -0.39 is 24.0 Å². The summed E-state index contributed by atoms with van der Waals surface area (Å²) < 4.78 is 0. The first kappa shape index (κ1) is 30.6. The van der Waals surface area contributed by atoms with Gasteiger partial charge in [-0.15, -0.1) is 0 Å². The Labute approximate surface area is 212 Å². The second-order valence-corrected chi connectivity index (χ2v) is 8.45. The van der Waals surface area contributed by atoms with Crippen LogP contribution in [0.25, 0.3) is 0 Å². The molecule has 0 aliphatic rings. The molecule has 0 spiro atoms. The van der Waals surface area contributed by atoms with Crippen molar-refractivity contribution in [2.45, 2.75) is 83.2 Å². The van der Waals surface area contributed by atoms with Gasteiger partial charge in [0, 0.05) is 13.1 Å². The molecule has 2 unspecified atom stereocenters. The van der Waals surface area contributed by atoms with Crippen LogP contribution in [0.4, 0.5) is 17.8 Å². The average Bonchev–Trinajstić information content (AvgIpc) is 2.82. The number of rotatable bonds is 21. The third-order valence-electron chi connectivity index (χ3n) is 5.29. The average molecular weight is 511 g/mol. The summed E-state index contributed by atoms with van der Waals surface area (Å²) in [5.41, 5.74) is 16.1. The molecule has 0 saturated carbocycles. The van der Waals surface area contributed by atoms with Crippen LogP contribution < -0.4 is 33.2 Å². The molecule has 0 aliphatic heterocycles. The summed E-state index contributed by atoms with van der Waals surface area (Å²) in [6.45, 7) is 3.52. The molecular formula is C22H42N10O4. The number of hydrogen-bond acceptors (Lipinski definition) is 10. The number of anilines is 3. The first-order valence-corrected chi connectivity index (χ1v) is 12.5. The lowest BCUT2D eigenvalue weighted by molar-refractivity contribution is -0.139. The van der Waals surface area contributed by atoms with Crippen molar-refractivity contribution in [1.29, 1.82) is 0 Å². The monoisotopic (exact) mass is 510 g/mol. The summed E-state index contributed by atoms with van der Waals surface area (Å²) in [4.78, 5) is 40.2. The van der Waals surface area contributed by atoms with E-state index in [0.717, 1.165) is 25.7 Å². The molecule has 0 radical (unpaired) electrons. The molecule has 1 aromatic heterocycles. The minimum Gasteiger partial charge on any atom is -0.480 e. The maximum Gasteiger partial charge on any atom is 0.326 e. The smallest absolute Gasteiger partial charge is 0.326 e. The van der Waals surface area contributed by atoms with Gasteiger partial charge >= 0.3 is 11.9 Å². The molecule has 1 heterocycles. The fourth-order valence-electron chi connectivity index (χ4n) is 3.34. The van der Waals surface area contributed by atoms with Crippen LogP contribution in [0, 0.1) is 0 Å². The molecule has 14 nitrogen and oxygen atoms in total. The first-order chi connectivity index (χ1) is 17.3. The Morgan fingerprint density at radius 3 is 1.92 bits per heavy atom. The standard InChI is InChI=1S/C22H42N10O4/c1-2-3-4-5-8-13-27-20-30-21(28-15(17(33)34)10-6-7-12-23)32-22(31-20)29-16(18(35)36)11-9-14-26-19(24)25/h15-16H,2-14,23H2,1H3,(H,33,34)(H,35,36)(H4,24,25,26)(H3,27,28,29,30,31,32). The number of aromatic nitrogens is 3. The second-order valence-electron chi connectivity index (χ2n) is 8.45. The molecule has 11 N–H and O–H groups in total. The number of nitrogens with zero attached hydrogens (tertiary/aromatic N) is 4. The van der Waals surface area contributed by atoms with E-state index in [2.05, 4.69) is 42.8 Å². The van der Waals surface area contributed by atoms with E-state index in [-0.39, 0.29) is 36.8 Å². The fraction of sp³-hybridized carbons (Fsp3) is 0.727. The number of aliphatic imine (C=N–C) groups is 1. The molecule has 204 valence electrons. The number of guanidine groups is 1. The number of nitrogens with one attached hydrogen (secondary N) is 3. The Hall–Kier alpha value is -3.42. The van der Waals surface area contributed by atoms with Crippen LogP contribution in [0.5, 0.6) is 0 Å². The Kier molecular flexibility index (Phi) is 15.2. The molecule has 0 aliphatic carbocycles. The van der Waals surface area contributed by atoms with E-state index in [0.29, 0.717) is 38.8 Å². The van der Waals surface area contributed by atoms with Gasteiger partial charge in [-0.2, -0.15) is 15.0 Å². The molecule has 0 fully saturated rings. The number of aliphatic carboxylic acids is 2. The van der Waals surface area contributed by atoms with Gasteiger partial charge < -0.3 is 43.4 Å². The van der Waals surface area contributed by atoms with Crippen LogP contribution in [0.3, 0.4) is 0 Å². The van der Waals surface area contributed by atoms with Gasteiger partial charge in [-0.25, -0.2) is 9.59 Å². The topological polar surface area (TPSA) is 240 Å². The van der Waals surface area contributed by atoms with E-state index in [1.807, 2.05) is 0 Å². The minimum absolute atomic E-state index is 0.0151. The van der Waals surface area contributed by atoms with Crippen molar-refractivity contribution in [3.05, 3.63) is 0 Å². The Bertz CT molecular complexity index is 820. The van der Waals surface area contributed by atoms with Gasteiger partial charge in [0.05, 0.1) is 0 Å². The molecule has 1 rings (SSSR count). The van der Waals surface area contributed by atoms with Crippen LogP contribution in [0.2, 0.25) is 0 Å². The van der Waals surface area contributed by atoms with Crippen molar-refractivity contribution in [2.24, 2.45) is 22.2 Å². The molecule has 14 heteroatoms. The van der Waals surface area contributed by atoms with Crippen LogP contribution >= 0.6 is 0 Å². The lowest BCUT2D eigenvalue weighted by atomic mass is 10.1. The normalized spacial score (nSPS) is 12.4. The zero-order valence-electron chi connectivity index (χ0n) is 21.1. The van der Waals surface area contributed by atoms with Gasteiger partial charge in [0.1, 0.15) is 12.1 Å². The van der Waals surface area contributed by atoms with E-state index in [1.165, 1.54) is 6.42 Å². The van der Waals surface area contributed by atoms with Gasteiger partial charge in [-0.05, 0) is 45.1 Å². The van der Waals surface area contributed by atoms with Gasteiger partial charge in [-0.1, -0.05) is 32.6 Å². The SMILES string of the molecule is CCCCCCCNc1nc(NC(CCCCN)C(=O)O)nc(NC(CCCN=C(N)N)C(=O)O)n1. The summed E-state index contributed by atoms with van der Waals surface area (Å²) in [5.74, 6) is -1.93. The first-order valence-electron chi connectivity index (χ1n) is 12.5. The highest BCUT2D eigenvalue weighted by Crippen LogP contribution is 2.15. The summed E-state index contributed by atoms with van der Waals surface area (Å²) in [5, 5.41) is 28.0. The predicted octanol–water partition coefficient (Wildman–Crippen LogP) is 1.17. The summed E-state index contributed by atoms with van der Waals surface area (Å²) in [6.07, 6.45) is 7.73. The highest BCUT2D eigenvalue weighted by molar-refractivity contribution is 5.77. The molecule has 1 aromatic rings. The van der Waals surface area contributed by atoms with E-state index in [1.54, 1.807) is 0 Å². The van der Waals surface area contributed by atoms with Gasteiger partial charge in [-0.3, -0.25) is 4.99 Å². The number of carboxylic acid groups (broad SMARTS) is 2. The Balaban J connectivity index is 3.00. The number of nitrogens with two attached hydrogens (primary N) is 3. The lowest BCUT2D eigenvalue weighted by Gasteiger charge is -2.18. The third kappa shape index (κ3) is 13.5. The van der Waals surface area contributed by atoms with Gasteiger partial charge in [0.15, 0.2) is 5.96 Å². The van der Waals surface area contributed by atoms with Crippen molar-refractivity contribution in [1.82, 2.24) is 15.0 Å². The summed E-state index contributed by atoms with van der Waals surface area (Å²) in [6, 6.07) is -1.93. The third-order valence-corrected chi connectivity index (χ3v) is 5.29.